The normalized spacial score (nSPS) is 9.89. The highest BCUT2D eigenvalue weighted by Gasteiger charge is 2.00. The minimum Gasteiger partial charge on any atom is -0.385 e. The van der Waals surface area contributed by atoms with Crippen LogP contribution in [0.2, 0.25) is 0 Å². The Morgan fingerprint density at radius 1 is 1.00 bits per heavy atom. The van der Waals surface area contributed by atoms with E-state index in [0.717, 1.165) is 13.0 Å². The van der Waals surface area contributed by atoms with Crippen LogP contribution in [0.5, 0.6) is 0 Å². The molecular weight excluding hydrogens is 254 g/mol. The molecule has 0 aromatic rings. The zero-order valence-corrected chi connectivity index (χ0v) is 11.9. The van der Waals surface area contributed by atoms with E-state index in [1.807, 2.05) is 0 Å². The molecule has 0 aliphatic heterocycles. The first-order valence-electron chi connectivity index (χ1n) is 5.97. The highest BCUT2D eigenvalue weighted by atomic mass is 32.1. The molecule has 0 bridgehead atoms. The second-order valence-electron chi connectivity index (χ2n) is 3.62. The number of hydrogen-bond acceptors (Lipinski definition) is 4. The molecule has 1 amide bonds. The number of carbonyl (C=O) groups is 1. The zero-order valence-electron chi connectivity index (χ0n) is 11.1. The summed E-state index contributed by atoms with van der Waals surface area (Å²) in [6, 6.07) is 0. The van der Waals surface area contributed by atoms with Gasteiger partial charge in [-0.15, -0.1) is 0 Å². The van der Waals surface area contributed by atoms with Gasteiger partial charge >= 0.3 is 0 Å². The van der Waals surface area contributed by atoms with Crippen LogP contribution in [0.3, 0.4) is 0 Å². The predicted octanol–water partition coefficient (Wildman–Crippen LogP) is -0.360. The zero-order chi connectivity index (χ0) is 13.6. The van der Waals surface area contributed by atoms with Crippen LogP contribution in [0.4, 0.5) is 0 Å². The van der Waals surface area contributed by atoms with Crippen LogP contribution in [-0.4, -0.2) is 58.1 Å². The van der Waals surface area contributed by atoms with Crippen molar-refractivity contribution in [2.24, 2.45) is 0 Å². The molecule has 0 unspecified atom stereocenters. The Labute approximate surface area is 114 Å². The Kier molecular flexibility index (Phi) is 11.9. The first-order chi connectivity index (χ1) is 8.70. The summed E-state index contributed by atoms with van der Waals surface area (Å²) in [5.74, 6) is -0.0123. The number of thiocarbonyl (C=S) groups is 1. The molecule has 0 heterocycles. The SMILES string of the molecule is COCCCNC(=S)NCCC(=O)NCCOC. The molecule has 18 heavy (non-hydrogen) atoms. The molecule has 0 radical (unpaired) electrons. The molecule has 0 aromatic heterocycles. The Balaban J connectivity index is 3.35. The summed E-state index contributed by atoms with van der Waals surface area (Å²) in [6.07, 6.45) is 1.29. The minimum atomic E-state index is -0.0123. The lowest BCUT2D eigenvalue weighted by molar-refractivity contribution is -0.121. The third-order valence-electron chi connectivity index (χ3n) is 2.08. The van der Waals surface area contributed by atoms with Crippen molar-refractivity contribution in [3.63, 3.8) is 0 Å². The van der Waals surface area contributed by atoms with E-state index in [1.54, 1.807) is 14.2 Å². The number of ether oxygens (including phenoxy) is 2. The van der Waals surface area contributed by atoms with E-state index in [1.165, 1.54) is 0 Å². The van der Waals surface area contributed by atoms with Gasteiger partial charge in [0.05, 0.1) is 6.61 Å². The fourth-order valence-electron chi connectivity index (χ4n) is 1.15. The first kappa shape index (κ1) is 17.1. The van der Waals surface area contributed by atoms with Crippen LogP contribution in [-0.2, 0) is 14.3 Å². The fourth-order valence-corrected chi connectivity index (χ4v) is 1.36. The third kappa shape index (κ3) is 11.6. The highest BCUT2D eigenvalue weighted by Crippen LogP contribution is 1.80. The molecule has 106 valence electrons. The van der Waals surface area contributed by atoms with Gasteiger partial charge in [0.15, 0.2) is 5.11 Å². The lowest BCUT2D eigenvalue weighted by Crippen LogP contribution is -2.38. The molecular formula is C11H23N3O3S. The molecule has 3 N–H and O–H groups in total. The van der Waals surface area contributed by atoms with Crippen molar-refractivity contribution in [3.8, 4) is 0 Å². The van der Waals surface area contributed by atoms with E-state index in [0.29, 0.717) is 37.8 Å². The van der Waals surface area contributed by atoms with E-state index in [4.69, 9.17) is 21.7 Å². The van der Waals surface area contributed by atoms with Crippen molar-refractivity contribution in [1.82, 2.24) is 16.0 Å². The van der Waals surface area contributed by atoms with Crippen LogP contribution in [0.1, 0.15) is 12.8 Å². The quantitative estimate of drug-likeness (QED) is 0.374. The van der Waals surface area contributed by atoms with Crippen molar-refractivity contribution >= 4 is 23.2 Å². The Morgan fingerprint density at radius 3 is 2.33 bits per heavy atom. The lowest BCUT2D eigenvalue weighted by atomic mass is 10.4. The summed E-state index contributed by atoms with van der Waals surface area (Å²) in [5.41, 5.74) is 0. The summed E-state index contributed by atoms with van der Waals surface area (Å²) >= 11 is 5.05. The third-order valence-corrected chi connectivity index (χ3v) is 2.37. The number of carbonyl (C=O) groups excluding carboxylic acids is 1. The van der Waals surface area contributed by atoms with Crippen LogP contribution in [0, 0.1) is 0 Å². The van der Waals surface area contributed by atoms with Crippen molar-refractivity contribution in [2.45, 2.75) is 12.8 Å². The van der Waals surface area contributed by atoms with Crippen molar-refractivity contribution in [2.75, 3.05) is 47.1 Å². The second kappa shape index (κ2) is 12.5. The monoisotopic (exact) mass is 277 g/mol. The van der Waals surface area contributed by atoms with E-state index in [9.17, 15) is 4.79 Å². The second-order valence-corrected chi connectivity index (χ2v) is 4.03. The van der Waals surface area contributed by atoms with Crippen molar-refractivity contribution in [1.29, 1.82) is 0 Å². The van der Waals surface area contributed by atoms with Gasteiger partial charge in [-0.25, -0.2) is 0 Å². The fraction of sp³-hybridized carbons (Fsp3) is 0.818. The summed E-state index contributed by atoms with van der Waals surface area (Å²) in [7, 11) is 3.26. The van der Waals surface area contributed by atoms with Crippen LogP contribution in [0.15, 0.2) is 0 Å². The highest BCUT2D eigenvalue weighted by molar-refractivity contribution is 7.80. The number of amides is 1. The Bertz CT molecular complexity index is 240. The standard InChI is InChI=1S/C11H23N3O3S/c1-16-8-3-5-13-11(18)14-6-4-10(15)12-7-9-17-2/h3-9H2,1-2H3,(H,12,15)(H2,13,14,18). The first-order valence-corrected chi connectivity index (χ1v) is 6.37. The lowest BCUT2D eigenvalue weighted by Gasteiger charge is -2.10. The van der Waals surface area contributed by atoms with Gasteiger partial charge < -0.3 is 25.4 Å². The van der Waals surface area contributed by atoms with Crippen LogP contribution >= 0.6 is 12.2 Å². The number of methoxy groups -OCH3 is 2. The average molecular weight is 277 g/mol. The minimum absolute atomic E-state index is 0.0123. The molecule has 0 saturated carbocycles. The van der Waals surface area contributed by atoms with Gasteiger partial charge in [-0.2, -0.15) is 0 Å². The summed E-state index contributed by atoms with van der Waals surface area (Å²) < 4.78 is 9.74. The maximum absolute atomic E-state index is 11.3. The van der Waals surface area contributed by atoms with Gasteiger partial charge in [0, 0.05) is 46.9 Å². The molecule has 7 heteroatoms. The molecule has 0 rings (SSSR count). The van der Waals surface area contributed by atoms with Crippen LogP contribution < -0.4 is 16.0 Å². The van der Waals surface area contributed by atoms with E-state index < -0.39 is 0 Å². The summed E-state index contributed by atoms with van der Waals surface area (Å²) in [6.45, 7) is 3.06. The van der Waals surface area contributed by atoms with Gasteiger partial charge in [-0.3, -0.25) is 4.79 Å². The van der Waals surface area contributed by atoms with E-state index in [-0.39, 0.29) is 5.91 Å². The Hall–Kier alpha value is -0.920. The van der Waals surface area contributed by atoms with Gasteiger partial charge in [-0.1, -0.05) is 0 Å². The smallest absolute Gasteiger partial charge is 0.221 e. The largest absolute Gasteiger partial charge is 0.385 e. The van der Waals surface area contributed by atoms with E-state index >= 15 is 0 Å². The predicted molar refractivity (Wildman–Crippen MR) is 74.6 cm³/mol. The molecule has 6 nitrogen and oxygen atoms in total. The topological polar surface area (TPSA) is 71.6 Å². The Morgan fingerprint density at radius 2 is 1.67 bits per heavy atom. The summed E-state index contributed by atoms with van der Waals surface area (Å²) in [5, 5.41) is 9.30. The molecule has 0 aromatic carbocycles. The van der Waals surface area contributed by atoms with Gasteiger partial charge in [0.25, 0.3) is 0 Å². The molecule has 0 atom stereocenters. The molecule has 0 aliphatic carbocycles. The summed E-state index contributed by atoms with van der Waals surface area (Å²) in [4.78, 5) is 11.3. The molecule has 0 spiro atoms. The van der Waals surface area contributed by atoms with E-state index in [2.05, 4.69) is 16.0 Å². The van der Waals surface area contributed by atoms with Gasteiger partial charge in [-0.05, 0) is 18.6 Å². The molecule has 0 saturated heterocycles. The van der Waals surface area contributed by atoms with Crippen molar-refractivity contribution < 1.29 is 14.3 Å². The van der Waals surface area contributed by atoms with Gasteiger partial charge in [0.1, 0.15) is 0 Å². The maximum atomic E-state index is 11.3. The molecule has 0 aliphatic rings. The van der Waals surface area contributed by atoms with Crippen LogP contribution in [0.25, 0.3) is 0 Å². The number of hydrogen-bond donors (Lipinski definition) is 3. The maximum Gasteiger partial charge on any atom is 0.221 e. The average Bonchev–Trinajstić information content (AvgIpc) is 2.35. The number of nitrogens with one attached hydrogen (secondary N) is 3. The number of rotatable bonds is 10. The van der Waals surface area contributed by atoms with Crippen molar-refractivity contribution in [3.05, 3.63) is 0 Å². The molecule has 0 fully saturated rings. The van der Waals surface area contributed by atoms with Gasteiger partial charge in [0.2, 0.25) is 5.91 Å².